The highest BCUT2D eigenvalue weighted by Gasteiger charge is 2.51. The third-order valence-corrected chi connectivity index (χ3v) is 4.76. The quantitative estimate of drug-likeness (QED) is 0.775. The van der Waals surface area contributed by atoms with E-state index >= 15 is 0 Å². The van der Waals surface area contributed by atoms with Gasteiger partial charge in [0.25, 0.3) is 0 Å². The van der Waals surface area contributed by atoms with Crippen LogP contribution in [-0.2, 0) is 14.0 Å². The molecule has 0 aromatic heterocycles. The van der Waals surface area contributed by atoms with E-state index in [-0.39, 0.29) is 18.3 Å². The van der Waals surface area contributed by atoms with Gasteiger partial charge in [-0.05, 0) is 45.6 Å². The van der Waals surface area contributed by atoms with Gasteiger partial charge in [0.15, 0.2) is 0 Å². The van der Waals surface area contributed by atoms with Gasteiger partial charge in [0, 0.05) is 5.92 Å². The van der Waals surface area contributed by atoms with Crippen LogP contribution < -0.4 is 5.46 Å². The Morgan fingerprint density at radius 3 is 2.10 bits per heavy atom. The zero-order valence-electron chi connectivity index (χ0n) is 13.0. The fraction of sp³-hybridized carbons (Fsp3) is 0.625. The van der Waals surface area contributed by atoms with Crippen molar-refractivity contribution in [1.29, 1.82) is 0 Å². The maximum atomic E-state index is 6.14. The van der Waals surface area contributed by atoms with E-state index in [0.29, 0.717) is 5.92 Å². The second-order valence-corrected chi connectivity index (χ2v) is 7.00. The van der Waals surface area contributed by atoms with Gasteiger partial charge in [-0.15, -0.1) is 0 Å². The summed E-state index contributed by atoms with van der Waals surface area (Å²) in [5, 5.41) is 0. The highest BCUT2D eigenvalue weighted by atomic mass is 16.7. The summed E-state index contributed by atoms with van der Waals surface area (Å²) in [6.45, 7) is 12.1. The Bertz CT molecular complexity index is 504. The SMILES string of the molecule is Cc1cc(B2OC(C)(C)C(C)(C)O2)cc(C2COC2)c1. The van der Waals surface area contributed by atoms with Crippen molar-refractivity contribution in [2.75, 3.05) is 13.2 Å². The molecule has 1 aromatic rings. The molecule has 0 radical (unpaired) electrons. The molecule has 0 bridgehead atoms. The van der Waals surface area contributed by atoms with Gasteiger partial charge in [-0.1, -0.05) is 23.8 Å². The van der Waals surface area contributed by atoms with Crippen LogP contribution in [0.4, 0.5) is 0 Å². The smallest absolute Gasteiger partial charge is 0.399 e. The molecule has 2 aliphatic heterocycles. The maximum absolute atomic E-state index is 6.14. The monoisotopic (exact) mass is 274 g/mol. The first kappa shape index (κ1) is 14.1. The summed E-state index contributed by atoms with van der Waals surface area (Å²) in [6, 6.07) is 6.61. The second kappa shape index (κ2) is 4.59. The predicted octanol–water partition coefficient (Wildman–Crippen LogP) is 2.41. The molecule has 2 fully saturated rings. The lowest BCUT2D eigenvalue weighted by atomic mass is 9.76. The van der Waals surface area contributed by atoms with Crippen molar-refractivity contribution in [1.82, 2.24) is 0 Å². The van der Waals surface area contributed by atoms with Crippen LogP contribution in [-0.4, -0.2) is 31.5 Å². The average Bonchev–Trinajstić information content (AvgIpc) is 2.45. The summed E-state index contributed by atoms with van der Waals surface area (Å²) in [6.07, 6.45) is 0. The normalized spacial score (nSPS) is 24.8. The molecule has 0 amide bonds. The van der Waals surface area contributed by atoms with E-state index in [1.807, 2.05) is 0 Å². The Labute approximate surface area is 121 Å². The van der Waals surface area contributed by atoms with Crippen molar-refractivity contribution in [3.8, 4) is 0 Å². The first-order valence-electron chi connectivity index (χ1n) is 7.33. The molecule has 3 nitrogen and oxygen atoms in total. The van der Waals surface area contributed by atoms with Gasteiger partial charge >= 0.3 is 7.12 Å². The molecule has 108 valence electrons. The topological polar surface area (TPSA) is 27.7 Å². The van der Waals surface area contributed by atoms with Gasteiger partial charge in [0.1, 0.15) is 0 Å². The zero-order valence-corrected chi connectivity index (χ0v) is 13.0. The van der Waals surface area contributed by atoms with Crippen LogP contribution in [0.25, 0.3) is 0 Å². The average molecular weight is 274 g/mol. The molecule has 2 saturated heterocycles. The number of hydrogen-bond acceptors (Lipinski definition) is 3. The number of benzene rings is 1. The molecule has 0 spiro atoms. The van der Waals surface area contributed by atoms with Gasteiger partial charge in [-0.2, -0.15) is 0 Å². The summed E-state index contributed by atoms with van der Waals surface area (Å²) >= 11 is 0. The first-order valence-corrected chi connectivity index (χ1v) is 7.33. The van der Waals surface area contributed by atoms with Crippen LogP contribution >= 0.6 is 0 Å². The van der Waals surface area contributed by atoms with Crippen molar-refractivity contribution < 1.29 is 14.0 Å². The molecular weight excluding hydrogens is 251 g/mol. The maximum Gasteiger partial charge on any atom is 0.494 e. The number of aryl methyl sites for hydroxylation is 1. The lowest BCUT2D eigenvalue weighted by Gasteiger charge is -2.32. The molecule has 4 heteroatoms. The van der Waals surface area contributed by atoms with Crippen molar-refractivity contribution >= 4 is 12.6 Å². The van der Waals surface area contributed by atoms with E-state index < -0.39 is 0 Å². The minimum absolute atomic E-state index is 0.278. The first-order chi connectivity index (χ1) is 9.28. The lowest BCUT2D eigenvalue weighted by Crippen LogP contribution is -2.41. The minimum atomic E-state index is -0.291. The molecule has 2 heterocycles. The van der Waals surface area contributed by atoms with Crippen molar-refractivity contribution in [3.05, 3.63) is 29.3 Å². The highest BCUT2D eigenvalue weighted by molar-refractivity contribution is 6.62. The third-order valence-electron chi connectivity index (χ3n) is 4.76. The van der Waals surface area contributed by atoms with Crippen molar-refractivity contribution in [3.63, 3.8) is 0 Å². The standard InChI is InChI=1S/C16H23BO3/c1-11-6-12(13-9-18-10-13)8-14(7-11)17-19-15(2,3)16(4,5)20-17/h6-8,13H,9-10H2,1-5H3. The van der Waals surface area contributed by atoms with Gasteiger partial charge < -0.3 is 14.0 Å². The fourth-order valence-corrected chi connectivity index (χ4v) is 2.62. The molecule has 2 aliphatic rings. The Morgan fingerprint density at radius 2 is 1.60 bits per heavy atom. The largest absolute Gasteiger partial charge is 0.494 e. The Balaban J connectivity index is 1.89. The zero-order chi connectivity index (χ0) is 14.5. The van der Waals surface area contributed by atoms with Gasteiger partial charge in [0.2, 0.25) is 0 Å². The summed E-state index contributed by atoms with van der Waals surface area (Å²) in [5.41, 5.74) is 3.12. The molecule has 1 aromatic carbocycles. The van der Waals surface area contributed by atoms with E-state index in [0.717, 1.165) is 18.7 Å². The Morgan fingerprint density at radius 1 is 1.00 bits per heavy atom. The van der Waals surface area contributed by atoms with E-state index in [9.17, 15) is 0 Å². The molecule has 0 unspecified atom stereocenters. The summed E-state index contributed by atoms with van der Waals surface area (Å²) in [7, 11) is -0.278. The van der Waals surface area contributed by atoms with Crippen molar-refractivity contribution in [2.45, 2.75) is 51.7 Å². The van der Waals surface area contributed by atoms with E-state index in [4.69, 9.17) is 14.0 Å². The molecule has 0 N–H and O–H groups in total. The van der Waals surface area contributed by atoms with Crippen LogP contribution in [0.5, 0.6) is 0 Å². The summed E-state index contributed by atoms with van der Waals surface area (Å²) in [5.74, 6) is 0.524. The van der Waals surface area contributed by atoms with Gasteiger partial charge in [0.05, 0.1) is 24.4 Å². The van der Waals surface area contributed by atoms with Crippen LogP contribution in [0.3, 0.4) is 0 Å². The number of ether oxygens (including phenoxy) is 1. The van der Waals surface area contributed by atoms with Crippen molar-refractivity contribution in [2.24, 2.45) is 0 Å². The van der Waals surface area contributed by atoms with Crippen LogP contribution in [0.2, 0.25) is 0 Å². The predicted molar refractivity (Wildman–Crippen MR) is 80.5 cm³/mol. The number of rotatable bonds is 2. The van der Waals surface area contributed by atoms with E-state index in [2.05, 4.69) is 52.8 Å². The molecular formula is C16H23BO3. The summed E-state index contributed by atoms with van der Waals surface area (Å²) in [4.78, 5) is 0. The fourth-order valence-electron chi connectivity index (χ4n) is 2.62. The second-order valence-electron chi connectivity index (χ2n) is 7.00. The van der Waals surface area contributed by atoms with E-state index in [1.54, 1.807) is 0 Å². The lowest BCUT2D eigenvalue weighted by molar-refractivity contribution is 0.00578. The molecule has 3 rings (SSSR count). The third kappa shape index (κ3) is 2.30. The minimum Gasteiger partial charge on any atom is -0.399 e. The molecule has 0 atom stereocenters. The Kier molecular flexibility index (Phi) is 3.24. The highest BCUT2D eigenvalue weighted by Crippen LogP contribution is 2.36. The van der Waals surface area contributed by atoms with Crippen LogP contribution in [0.1, 0.15) is 44.7 Å². The number of hydrogen-bond donors (Lipinski definition) is 0. The van der Waals surface area contributed by atoms with E-state index in [1.165, 1.54) is 11.1 Å². The van der Waals surface area contributed by atoms with Crippen LogP contribution in [0.15, 0.2) is 18.2 Å². The van der Waals surface area contributed by atoms with Gasteiger partial charge in [-0.25, -0.2) is 0 Å². The molecule has 0 saturated carbocycles. The molecule has 20 heavy (non-hydrogen) atoms. The Hall–Kier alpha value is -0.835. The van der Waals surface area contributed by atoms with Crippen LogP contribution in [0, 0.1) is 6.92 Å². The summed E-state index contributed by atoms with van der Waals surface area (Å²) < 4.78 is 17.6. The van der Waals surface area contributed by atoms with Gasteiger partial charge in [-0.3, -0.25) is 0 Å². The molecule has 0 aliphatic carbocycles.